The van der Waals surface area contributed by atoms with E-state index >= 15 is 0 Å². The summed E-state index contributed by atoms with van der Waals surface area (Å²) in [6, 6.07) is 9.07. The first kappa shape index (κ1) is 21.4. The molecule has 2 N–H and O–H groups in total. The number of methoxy groups -OCH3 is 2. The van der Waals surface area contributed by atoms with Crippen molar-refractivity contribution in [2.24, 2.45) is 0 Å². The van der Waals surface area contributed by atoms with Crippen molar-refractivity contribution >= 4 is 33.0 Å². The number of ether oxygens (including phenoxy) is 3. The molecule has 3 rings (SSSR count). The Morgan fingerprint density at radius 2 is 1.90 bits per heavy atom. The quantitative estimate of drug-likeness (QED) is 0.686. The van der Waals surface area contributed by atoms with Crippen LogP contribution in [0.5, 0.6) is 17.2 Å². The van der Waals surface area contributed by atoms with Gasteiger partial charge in [-0.2, -0.15) is 0 Å². The van der Waals surface area contributed by atoms with Crippen molar-refractivity contribution in [2.45, 2.75) is 23.5 Å². The first-order valence-corrected chi connectivity index (χ1v) is 10.6. The third kappa shape index (κ3) is 4.48. The number of hydrogen-bond acceptors (Lipinski definition) is 7. The van der Waals surface area contributed by atoms with Crippen LogP contribution in [0, 0.1) is 0 Å². The van der Waals surface area contributed by atoms with Gasteiger partial charge in [0.15, 0.2) is 27.9 Å². The SMILES string of the molecule is COc1ccc(NC(=O)C[C@H](C)S(=O)(=O)c2ccc3c(c2)NC(=O)CO3)cc1OC. The second-order valence-corrected chi connectivity index (χ2v) is 9.04. The van der Waals surface area contributed by atoms with Crippen LogP contribution in [0.2, 0.25) is 0 Å². The summed E-state index contributed by atoms with van der Waals surface area (Å²) in [5.74, 6) is 0.518. The molecule has 0 bridgehead atoms. The molecule has 0 radical (unpaired) electrons. The van der Waals surface area contributed by atoms with E-state index in [-0.39, 0.29) is 29.5 Å². The van der Waals surface area contributed by atoms with Crippen molar-refractivity contribution in [3.63, 3.8) is 0 Å². The summed E-state index contributed by atoms with van der Waals surface area (Å²) >= 11 is 0. The Kier molecular flexibility index (Phi) is 6.16. The lowest BCUT2D eigenvalue weighted by molar-refractivity contribution is -0.118. The molecule has 0 aliphatic carbocycles. The minimum absolute atomic E-state index is 0.00142. The van der Waals surface area contributed by atoms with Gasteiger partial charge in [0.05, 0.1) is 30.1 Å². The van der Waals surface area contributed by atoms with Crippen LogP contribution in [-0.4, -0.2) is 46.3 Å². The number of amides is 2. The minimum atomic E-state index is -3.81. The third-order valence-corrected chi connectivity index (χ3v) is 6.72. The van der Waals surface area contributed by atoms with E-state index in [1.165, 1.54) is 39.3 Å². The first-order valence-electron chi connectivity index (χ1n) is 9.07. The zero-order valence-electron chi connectivity index (χ0n) is 16.7. The third-order valence-electron chi connectivity index (χ3n) is 4.58. The Balaban J connectivity index is 1.72. The summed E-state index contributed by atoms with van der Waals surface area (Å²) in [7, 11) is -0.836. The fourth-order valence-electron chi connectivity index (χ4n) is 2.97. The summed E-state index contributed by atoms with van der Waals surface area (Å²) in [5.41, 5.74) is 0.741. The zero-order chi connectivity index (χ0) is 21.9. The molecule has 2 aromatic rings. The van der Waals surface area contributed by atoms with Crippen LogP contribution in [0.3, 0.4) is 0 Å². The Morgan fingerprint density at radius 1 is 1.17 bits per heavy atom. The van der Waals surface area contributed by atoms with Gasteiger partial charge in [0.2, 0.25) is 5.91 Å². The lowest BCUT2D eigenvalue weighted by Gasteiger charge is -2.19. The molecule has 0 spiro atoms. The lowest BCUT2D eigenvalue weighted by atomic mass is 10.2. The predicted octanol–water partition coefficient (Wildman–Crippen LogP) is 2.23. The molecule has 1 aliphatic heterocycles. The summed E-state index contributed by atoms with van der Waals surface area (Å²) in [4.78, 5) is 23.9. The van der Waals surface area contributed by atoms with Crippen LogP contribution >= 0.6 is 0 Å². The Bertz CT molecular complexity index is 1080. The molecule has 0 saturated heterocycles. The van der Waals surface area contributed by atoms with Gasteiger partial charge in [0, 0.05) is 18.2 Å². The maximum absolute atomic E-state index is 12.9. The van der Waals surface area contributed by atoms with Crippen LogP contribution in [0.25, 0.3) is 0 Å². The Morgan fingerprint density at radius 3 is 2.60 bits per heavy atom. The van der Waals surface area contributed by atoms with Crippen LogP contribution < -0.4 is 24.8 Å². The van der Waals surface area contributed by atoms with Gasteiger partial charge in [-0.05, 0) is 37.3 Å². The molecule has 30 heavy (non-hydrogen) atoms. The van der Waals surface area contributed by atoms with Gasteiger partial charge < -0.3 is 24.8 Å². The van der Waals surface area contributed by atoms with Gasteiger partial charge in [-0.25, -0.2) is 8.42 Å². The van der Waals surface area contributed by atoms with Gasteiger partial charge >= 0.3 is 0 Å². The number of rotatable bonds is 7. The van der Waals surface area contributed by atoms with Crippen molar-refractivity contribution in [3.05, 3.63) is 36.4 Å². The second kappa shape index (κ2) is 8.62. The largest absolute Gasteiger partial charge is 0.493 e. The summed E-state index contributed by atoms with van der Waals surface area (Å²) in [5, 5.41) is 4.25. The van der Waals surface area contributed by atoms with E-state index in [0.29, 0.717) is 22.9 Å². The van der Waals surface area contributed by atoms with Gasteiger partial charge in [-0.3, -0.25) is 9.59 Å². The molecule has 0 saturated carbocycles. The van der Waals surface area contributed by atoms with Crippen molar-refractivity contribution in [2.75, 3.05) is 31.5 Å². The van der Waals surface area contributed by atoms with Gasteiger partial charge in [-0.15, -0.1) is 0 Å². The van der Waals surface area contributed by atoms with Crippen molar-refractivity contribution in [1.29, 1.82) is 0 Å². The molecule has 0 aromatic heterocycles. The topological polar surface area (TPSA) is 120 Å². The van der Waals surface area contributed by atoms with Crippen molar-refractivity contribution in [3.8, 4) is 17.2 Å². The highest BCUT2D eigenvalue weighted by Crippen LogP contribution is 2.32. The fourth-order valence-corrected chi connectivity index (χ4v) is 4.34. The molecule has 0 fully saturated rings. The van der Waals surface area contributed by atoms with E-state index < -0.39 is 21.0 Å². The highest BCUT2D eigenvalue weighted by atomic mass is 32.2. The normalized spacial score (nSPS) is 14.0. The van der Waals surface area contributed by atoms with Gasteiger partial charge in [-0.1, -0.05) is 0 Å². The van der Waals surface area contributed by atoms with Crippen molar-refractivity contribution in [1.82, 2.24) is 0 Å². The maximum Gasteiger partial charge on any atom is 0.262 e. The number of hydrogen-bond donors (Lipinski definition) is 2. The number of nitrogens with one attached hydrogen (secondary N) is 2. The molecule has 1 atom stereocenters. The van der Waals surface area contributed by atoms with Crippen LogP contribution in [-0.2, 0) is 19.4 Å². The van der Waals surface area contributed by atoms with Crippen LogP contribution in [0.4, 0.5) is 11.4 Å². The molecule has 9 nitrogen and oxygen atoms in total. The Hall–Kier alpha value is -3.27. The molecule has 2 aromatic carbocycles. The predicted molar refractivity (Wildman–Crippen MR) is 110 cm³/mol. The standard InChI is InChI=1S/C20H22N2O7S/c1-12(8-19(23)21-13-4-6-17(27-2)18(9-13)28-3)30(25,26)14-5-7-16-15(10-14)22-20(24)11-29-16/h4-7,9-10,12H,8,11H2,1-3H3,(H,21,23)(H,22,24)/t12-/m0/s1. The number of carbonyl (C=O) groups excluding carboxylic acids is 2. The van der Waals surface area contributed by atoms with Gasteiger partial charge in [0.25, 0.3) is 5.91 Å². The smallest absolute Gasteiger partial charge is 0.262 e. The summed E-state index contributed by atoms with van der Waals surface area (Å²) < 4.78 is 41.4. The number of carbonyl (C=O) groups is 2. The molecule has 1 aliphatic rings. The molecule has 10 heteroatoms. The second-order valence-electron chi connectivity index (χ2n) is 6.67. The average Bonchev–Trinajstić information content (AvgIpc) is 2.72. The maximum atomic E-state index is 12.9. The van der Waals surface area contributed by atoms with E-state index in [9.17, 15) is 18.0 Å². The number of anilines is 2. The highest BCUT2D eigenvalue weighted by Gasteiger charge is 2.28. The molecule has 1 heterocycles. The summed E-state index contributed by atoms with van der Waals surface area (Å²) in [6.07, 6.45) is -0.253. The van der Waals surface area contributed by atoms with Crippen LogP contribution in [0.1, 0.15) is 13.3 Å². The molecule has 2 amide bonds. The van der Waals surface area contributed by atoms with Crippen LogP contribution in [0.15, 0.2) is 41.3 Å². The van der Waals surface area contributed by atoms with E-state index in [1.807, 2.05) is 0 Å². The Labute approximate surface area is 174 Å². The number of fused-ring (bicyclic) bond motifs is 1. The highest BCUT2D eigenvalue weighted by molar-refractivity contribution is 7.92. The fraction of sp³-hybridized carbons (Fsp3) is 0.300. The molecule has 160 valence electrons. The lowest BCUT2D eigenvalue weighted by Crippen LogP contribution is -2.27. The minimum Gasteiger partial charge on any atom is -0.493 e. The number of sulfone groups is 1. The first-order chi connectivity index (χ1) is 14.2. The number of benzene rings is 2. The van der Waals surface area contributed by atoms with Gasteiger partial charge in [0.1, 0.15) is 5.75 Å². The molecule has 0 unspecified atom stereocenters. The van der Waals surface area contributed by atoms with Crippen molar-refractivity contribution < 1.29 is 32.2 Å². The molecular formula is C20H22N2O7S. The zero-order valence-corrected chi connectivity index (χ0v) is 17.5. The van der Waals surface area contributed by atoms with E-state index in [2.05, 4.69) is 10.6 Å². The van der Waals surface area contributed by atoms with E-state index in [1.54, 1.807) is 18.2 Å². The summed E-state index contributed by atoms with van der Waals surface area (Å²) in [6.45, 7) is 1.34. The average molecular weight is 434 g/mol. The van der Waals surface area contributed by atoms with E-state index in [0.717, 1.165) is 0 Å². The molecular weight excluding hydrogens is 412 g/mol. The monoisotopic (exact) mass is 434 g/mol. The van der Waals surface area contributed by atoms with E-state index in [4.69, 9.17) is 14.2 Å².